The second-order valence-electron chi connectivity index (χ2n) is 9.40. The predicted molar refractivity (Wildman–Crippen MR) is 135 cm³/mol. The van der Waals surface area contributed by atoms with Crippen LogP contribution in [0.5, 0.6) is 0 Å². The van der Waals surface area contributed by atoms with Gasteiger partial charge in [0.05, 0.1) is 19.6 Å². The maximum atomic E-state index is 12.0. The average molecular weight is 503 g/mol. The molecule has 8 nitrogen and oxygen atoms in total. The third kappa shape index (κ3) is 21.3. The fourth-order valence-corrected chi connectivity index (χ4v) is 4.09. The Hall–Kier alpha value is -1.67. The van der Waals surface area contributed by atoms with Crippen molar-refractivity contribution in [1.82, 2.24) is 0 Å². The van der Waals surface area contributed by atoms with Gasteiger partial charge in [-0.05, 0) is 38.5 Å². The van der Waals surface area contributed by atoms with Gasteiger partial charge >= 0.3 is 17.9 Å². The summed E-state index contributed by atoms with van der Waals surface area (Å²) in [5.74, 6) is -1.39. The van der Waals surface area contributed by atoms with Crippen LogP contribution in [-0.4, -0.2) is 59.6 Å². The number of unbranched alkanes of at least 4 members (excludes halogenated alkanes) is 10. The molecule has 0 bridgehead atoms. The van der Waals surface area contributed by atoms with Crippen molar-refractivity contribution >= 4 is 17.9 Å². The maximum absolute atomic E-state index is 12.0. The molecule has 8 heteroatoms. The van der Waals surface area contributed by atoms with E-state index in [1.54, 1.807) is 0 Å². The minimum absolute atomic E-state index is 0.117. The van der Waals surface area contributed by atoms with Gasteiger partial charge in [0.1, 0.15) is 18.3 Å². The zero-order chi connectivity index (χ0) is 26.3. The molecule has 0 unspecified atom stereocenters. The summed E-state index contributed by atoms with van der Waals surface area (Å²) < 4.78 is 15.7. The van der Waals surface area contributed by atoms with E-state index in [1.807, 2.05) is 0 Å². The summed E-state index contributed by atoms with van der Waals surface area (Å²) >= 11 is 0. The zero-order valence-corrected chi connectivity index (χ0v) is 22.3. The number of ether oxygens (including phenoxy) is 3. The van der Waals surface area contributed by atoms with E-state index in [9.17, 15) is 14.4 Å². The minimum Gasteiger partial charge on any atom is -0.463 e. The van der Waals surface area contributed by atoms with Crippen molar-refractivity contribution in [2.45, 2.75) is 142 Å². The van der Waals surface area contributed by atoms with Gasteiger partial charge in [-0.1, -0.05) is 64.7 Å². The van der Waals surface area contributed by atoms with Crippen molar-refractivity contribution in [3.8, 4) is 0 Å². The lowest BCUT2D eigenvalue weighted by Crippen LogP contribution is -2.29. The fourth-order valence-electron chi connectivity index (χ4n) is 4.09. The molecule has 0 aromatic rings. The molecule has 0 rings (SSSR count). The Morgan fingerprint density at radius 3 is 1.43 bits per heavy atom. The van der Waals surface area contributed by atoms with Gasteiger partial charge < -0.3 is 24.4 Å². The smallest absolute Gasteiger partial charge is 0.309 e. The van der Waals surface area contributed by atoms with Crippen LogP contribution in [0, 0.1) is 0 Å². The Morgan fingerprint density at radius 2 is 0.971 bits per heavy atom. The van der Waals surface area contributed by atoms with Crippen molar-refractivity contribution in [3.05, 3.63) is 0 Å². The largest absolute Gasteiger partial charge is 0.463 e. The number of hydrogen-bond acceptors (Lipinski definition) is 8. The lowest BCUT2D eigenvalue weighted by Gasteiger charge is -2.20. The summed E-state index contributed by atoms with van der Waals surface area (Å²) in [4.78, 5) is 34.9. The molecule has 0 fully saturated rings. The van der Waals surface area contributed by atoms with Crippen LogP contribution in [0.1, 0.15) is 124 Å². The zero-order valence-electron chi connectivity index (χ0n) is 22.3. The number of rotatable bonds is 23. The summed E-state index contributed by atoms with van der Waals surface area (Å²) in [5, 5.41) is 18.1. The molecule has 0 aliphatic carbocycles. The monoisotopic (exact) mass is 502 g/mol. The molecule has 35 heavy (non-hydrogen) atoms. The molecule has 0 spiro atoms. The van der Waals surface area contributed by atoms with Gasteiger partial charge in [0, 0.05) is 13.8 Å². The quantitative estimate of drug-likeness (QED) is 0.114. The van der Waals surface area contributed by atoms with Crippen molar-refractivity contribution < 1.29 is 38.8 Å². The summed E-state index contributed by atoms with van der Waals surface area (Å²) in [6, 6.07) is 0. The molecular formula is C27H50O8. The molecule has 0 aliphatic rings. The van der Waals surface area contributed by atoms with Gasteiger partial charge in [-0.3, -0.25) is 14.4 Å². The minimum atomic E-state index is -0.976. The molecule has 2 N–H and O–H groups in total. The number of esters is 3. The third-order valence-corrected chi connectivity index (χ3v) is 5.95. The van der Waals surface area contributed by atoms with Gasteiger partial charge in [0.2, 0.25) is 0 Å². The Balaban J connectivity index is 4.25. The third-order valence-electron chi connectivity index (χ3n) is 5.95. The van der Waals surface area contributed by atoms with Crippen LogP contribution in [0.4, 0.5) is 0 Å². The highest BCUT2D eigenvalue weighted by molar-refractivity contribution is 5.71. The van der Waals surface area contributed by atoms with Gasteiger partial charge in [0.25, 0.3) is 0 Å². The average Bonchev–Trinajstić information content (AvgIpc) is 2.80. The van der Waals surface area contributed by atoms with Crippen LogP contribution in [0.25, 0.3) is 0 Å². The highest BCUT2D eigenvalue weighted by Crippen LogP contribution is 2.18. The molecule has 2 atom stereocenters. The topological polar surface area (TPSA) is 119 Å². The molecule has 0 amide bonds. The second kappa shape index (κ2) is 22.8. The highest BCUT2D eigenvalue weighted by Gasteiger charge is 2.21. The highest BCUT2D eigenvalue weighted by atomic mass is 16.6. The van der Waals surface area contributed by atoms with Crippen molar-refractivity contribution in [3.63, 3.8) is 0 Å². The number of carbonyl (C=O) groups is 3. The summed E-state index contributed by atoms with van der Waals surface area (Å²) in [5.41, 5.74) is 0. The number of carbonyl (C=O) groups excluding carboxylic acids is 3. The Morgan fingerprint density at radius 1 is 0.571 bits per heavy atom. The Labute approximate surface area is 212 Å². The van der Waals surface area contributed by atoms with Crippen LogP contribution in [-0.2, 0) is 28.6 Å². The van der Waals surface area contributed by atoms with E-state index in [0.29, 0.717) is 12.8 Å². The normalized spacial score (nSPS) is 12.9. The first-order valence-electron chi connectivity index (χ1n) is 13.6. The lowest BCUT2D eigenvalue weighted by atomic mass is 10.0. The Kier molecular flexibility index (Phi) is 21.7. The first-order chi connectivity index (χ1) is 16.8. The maximum Gasteiger partial charge on any atom is 0.309 e. The van der Waals surface area contributed by atoms with Crippen LogP contribution in [0.2, 0.25) is 0 Å². The van der Waals surface area contributed by atoms with Crippen LogP contribution in [0.3, 0.4) is 0 Å². The molecule has 0 heterocycles. The summed E-state index contributed by atoms with van der Waals surface area (Å²) in [7, 11) is 0. The number of hydrogen-bond donors (Lipinski definition) is 2. The molecule has 0 radical (unpaired) electrons. The lowest BCUT2D eigenvalue weighted by molar-refractivity contribution is -0.160. The summed E-state index contributed by atoms with van der Waals surface area (Å²) in [6.07, 6.45) is 14.3. The molecule has 0 saturated carbocycles. The van der Waals surface area contributed by atoms with Crippen LogP contribution in [0.15, 0.2) is 0 Å². The molecule has 0 aromatic carbocycles. The molecule has 0 saturated heterocycles. The van der Waals surface area contributed by atoms with Crippen molar-refractivity contribution in [1.29, 1.82) is 0 Å². The summed E-state index contributed by atoms with van der Waals surface area (Å²) in [6.45, 7) is 4.00. The van der Waals surface area contributed by atoms with Crippen molar-refractivity contribution in [2.75, 3.05) is 13.2 Å². The van der Waals surface area contributed by atoms with Crippen molar-refractivity contribution in [2.24, 2.45) is 0 Å². The standard InChI is InChI=1S/C27H50O8/c1-4-5-6-7-8-9-10-11-12-13-16-24(33-22(2)30)17-14-15-18-25(34-23(3)31)19-27(32)35-26(20-28)21-29/h24-26,28-29H,4-21H2,1-3H3/t24-,25-/m1/s1. The van der Waals surface area contributed by atoms with Gasteiger partial charge in [0.15, 0.2) is 0 Å². The van der Waals surface area contributed by atoms with E-state index in [1.165, 1.54) is 65.2 Å². The molecule has 0 aliphatic heterocycles. The van der Waals surface area contributed by atoms with E-state index in [0.717, 1.165) is 32.1 Å². The SMILES string of the molecule is CCCCCCCCCCCC[C@H](CCCC[C@H](CC(=O)OC(CO)CO)OC(C)=O)OC(C)=O. The number of aliphatic hydroxyl groups excluding tert-OH is 2. The van der Waals surface area contributed by atoms with E-state index < -0.39 is 37.4 Å². The van der Waals surface area contributed by atoms with E-state index >= 15 is 0 Å². The fraction of sp³-hybridized carbons (Fsp3) is 0.889. The van der Waals surface area contributed by atoms with E-state index in [-0.39, 0.29) is 18.5 Å². The molecule has 0 aromatic heterocycles. The van der Waals surface area contributed by atoms with E-state index in [4.69, 9.17) is 24.4 Å². The van der Waals surface area contributed by atoms with Crippen LogP contribution < -0.4 is 0 Å². The second-order valence-corrected chi connectivity index (χ2v) is 9.40. The van der Waals surface area contributed by atoms with E-state index in [2.05, 4.69) is 6.92 Å². The molecule has 206 valence electrons. The first-order valence-corrected chi connectivity index (χ1v) is 13.6. The Bertz CT molecular complexity index is 547. The van der Waals surface area contributed by atoms with Gasteiger partial charge in [-0.2, -0.15) is 0 Å². The predicted octanol–water partition coefficient (Wildman–Crippen LogP) is 5.01. The first kappa shape index (κ1) is 33.3. The van der Waals surface area contributed by atoms with Crippen LogP contribution >= 0.6 is 0 Å². The molecular weight excluding hydrogens is 452 g/mol. The van der Waals surface area contributed by atoms with Gasteiger partial charge in [-0.25, -0.2) is 0 Å². The van der Waals surface area contributed by atoms with Gasteiger partial charge in [-0.15, -0.1) is 0 Å². The number of aliphatic hydroxyl groups is 2.